The molecule has 26 heavy (non-hydrogen) atoms. The van der Waals surface area contributed by atoms with Crippen LogP contribution in [0.4, 0.5) is 0 Å². The maximum atomic E-state index is 13.0. The van der Waals surface area contributed by atoms with Gasteiger partial charge in [-0.05, 0) is 29.9 Å². The number of nitriles is 1. The van der Waals surface area contributed by atoms with Gasteiger partial charge in [0, 0.05) is 12.1 Å². The summed E-state index contributed by atoms with van der Waals surface area (Å²) < 4.78 is 1.10. The number of aromatic nitrogens is 1. The molecule has 0 unspecified atom stereocenters. The van der Waals surface area contributed by atoms with Crippen LogP contribution in [-0.4, -0.2) is 15.5 Å². The predicted molar refractivity (Wildman–Crippen MR) is 101 cm³/mol. The van der Waals surface area contributed by atoms with Crippen molar-refractivity contribution in [2.24, 2.45) is 0 Å². The molecule has 1 aromatic heterocycles. The van der Waals surface area contributed by atoms with Crippen molar-refractivity contribution in [1.29, 1.82) is 5.26 Å². The lowest BCUT2D eigenvalue weighted by molar-refractivity contribution is 0.103. The second-order valence-electron chi connectivity index (χ2n) is 7.42. The molecular weight excluding hydrogens is 328 g/mol. The summed E-state index contributed by atoms with van der Waals surface area (Å²) >= 11 is 0. The minimum atomic E-state index is -0.566. The van der Waals surface area contributed by atoms with Crippen LogP contribution in [0.15, 0.2) is 29.1 Å². The van der Waals surface area contributed by atoms with Crippen LogP contribution >= 0.6 is 0 Å². The van der Waals surface area contributed by atoms with Gasteiger partial charge in [0.15, 0.2) is 5.78 Å². The van der Waals surface area contributed by atoms with E-state index in [0.29, 0.717) is 12.0 Å². The zero-order valence-corrected chi connectivity index (χ0v) is 15.9. The van der Waals surface area contributed by atoms with E-state index in [4.69, 9.17) is 0 Å². The van der Waals surface area contributed by atoms with E-state index in [9.17, 15) is 20.0 Å². The molecule has 0 radical (unpaired) electrons. The van der Waals surface area contributed by atoms with Gasteiger partial charge in [-0.2, -0.15) is 5.26 Å². The standard InChI is InChI=1S/C21H24N2O3/c1-6-11-23-19(25)16(12-22)13(2)17(20(23)26)18(24)14-7-9-15(10-8-14)21(3,4)5/h7-10,26H,6,11H2,1-5H3. The van der Waals surface area contributed by atoms with Crippen molar-refractivity contribution < 1.29 is 9.90 Å². The molecule has 0 aliphatic carbocycles. The average Bonchev–Trinajstić information content (AvgIpc) is 2.58. The van der Waals surface area contributed by atoms with Crippen LogP contribution in [0.25, 0.3) is 0 Å². The van der Waals surface area contributed by atoms with Crippen LogP contribution < -0.4 is 5.56 Å². The Hall–Kier alpha value is -2.87. The quantitative estimate of drug-likeness (QED) is 0.851. The normalized spacial score (nSPS) is 11.2. The topological polar surface area (TPSA) is 83.1 Å². The third kappa shape index (κ3) is 3.41. The lowest BCUT2D eigenvalue weighted by atomic mass is 9.86. The zero-order chi connectivity index (χ0) is 19.6. The molecule has 0 bridgehead atoms. The molecule has 2 aromatic rings. The third-order valence-electron chi connectivity index (χ3n) is 4.49. The molecule has 1 aromatic carbocycles. The number of nitrogens with zero attached hydrogens (tertiary/aromatic N) is 2. The lowest BCUT2D eigenvalue weighted by Gasteiger charge is -2.19. The summed E-state index contributed by atoms with van der Waals surface area (Å²) in [6, 6.07) is 9.06. The first-order valence-electron chi connectivity index (χ1n) is 8.65. The highest BCUT2D eigenvalue weighted by Crippen LogP contribution is 2.27. The highest BCUT2D eigenvalue weighted by Gasteiger charge is 2.25. The first-order chi connectivity index (χ1) is 12.1. The fraction of sp³-hybridized carbons (Fsp3) is 0.381. The van der Waals surface area contributed by atoms with Gasteiger partial charge in [0.2, 0.25) is 5.88 Å². The number of rotatable bonds is 4. The smallest absolute Gasteiger partial charge is 0.271 e. The molecule has 0 aliphatic heterocycles. The molecule has 136 valence electrons. The lowest BCUT2D eigenvalue weighted by Crippen LogP contribution is -2.26. The Kier molecular flexibility index (Phi) is 5.36. The van der Waals surface area contributed by atoms with Gasteiger partial charge in [0.25, 0.3) is 5.56 Å². The highest BCUT2D eigenvalue weighted by molar-refractivity contribution is 6.11. The Morgan fingerprint density at radius 2 is 1.81 bits per heavy atom. The second-order valence-corrected chi connectivity index (χ2v) is 7.42. The number of carbonyl (C=O) groups is 1. The molecule has 0 saturated carbocycles. The highest BCUT2D eigenvalue weighted by atomic mass is 16.3. The molecule has 0 saturated heterocycles. The number of carbonyl (C=O) groups excluding carboxylic acids is 1. The Morgan fingerprint density at radius 1 is 1.23 bits per heavy atom. The molecule has 0 atom stereocenters. The van der Waals surface area contributed by atoms with Gasteiger partial charge in [-0.1, -0.05) is 52.0 Å². The van der Waals surface area contributed by atoms with Crippen LogP contribution in [-0.2, 0) is 12.0 Å². The van der Waals surface area contributed by atoms with Crippen molar-refractivity contribution in [2.75, 3.05) is 0 Å². The number of hydrogen-bond donors (Lipinski definition) is 1. The van der Waals surface area contributed by atoms with Gasteiger partial charge >= 0.3 is 0 Å². The van der Waals surface area contributed by atoms with E-state index < -0.39 is 11.3 Å². The Balaban J connectivity index is 2.64. The summed E-state index contributed by atoms with van der Waals surface area (Å²) in [4.78, 5) is 25.4. The van der Waals surface area contributed by atoms with E-state index >= 15 is 0 Å². The van der Waals surface area contributed by atoms with Crippen LogP contribution in [0.3, 0.4) is 0 Å². The number of benzene rings is 1. The maximum Gasteiger partial charge on any atom is 0.271 e. The first kappa shape index (κ1) is 19.5. The SMILES string of the molecule is CCCn1c(O)c(C(=O)c2ccc(C(C)(C)C)cc2)c(C)c(C#N)c1=O. The summed E-state index contributed by atoms with van der Waals surface area (Å²) in [5.74, 6) is -0.778. The van der Waals surface area contributed by atoms with Crippen LogP contribution in [0.5, 0.6) is 5.88 Å². The molecule has 2 rings (SSSR count). The Morgan fingerprint density at radius 3 is 2.27 bits per heavy atom. The number of aromatic hydroxyl groups is 1. The number of hydrogen-bond acceptors (Lipinski definition) is 4. The molecule has 5 nitrogen and oxygen atoms in total. The Bertz CT molecular complexity index is 940. The van der Waals surface area contributed by atoms with Gasteiger partial charge < -0.3 is 5.11 Å². The van der Waals surface area contributed by atoms with Crippen LogP contribution in [0.1, 0.15) is 66.7 Å². The number of ketones is 1. The van der Waals surface area contributed by atoms with Gasteiger partial charge in [0.05, 0.1) is 5.56 Å². The van der Waals surface area contributed by atoms with Crippen molar-refractivity contribution in [1.82, 2.24) is 4.57 Å². The molecule has 1 heterocycles. The van der Waals surface area contributed by atoms with E-state index in [1.807, 2.05) is 25.1 Å². The first-order valence-corrected chi connectivity index (χ1v) is 8.65. The summed E-state index contributed by atoms with van der Waals surface area (Å²) in [6.45, 7) is 9.86. The van der Waals surface area contributed by atoms with Gasteiger partial charge in [-0.3, -0.25) is 14.2 Å². The summed E-state index contributed by atoms with van der Waals surface area (Å²) in [5.41, 5.74) is 1.01. The van der Waals surface area contributed by atoms with Crippen LogP contribution in [0.2, 0.25) is 0 Å². The molecule has 0 fully saturated rings. The molecule has 1 N–H and O–H groups in total. The summed E-state index contributed by atoms with van der Waals surface area (Å²) in [7, 11) is 0. The van der Waals surface area contributed by atoms with Gasteiger partial charge in [0.1, 0.15) is 11.6 Å². The molecule has 0 aliphatic rings. The largest absolute Gasteiger partial charge is 0.494 e. The third-order valence-corrected chi connectivity index (χ3v) is 4.49. The van der Waals surface area contributed by atoms with Gasteiger partial charge in [-0.25, -0.2) is 0 Å². The minimum absolute atomic E-state index is 0.0121. The van der Waals surface area contributed by atoms with Crippen molar-refractivity contribution in [3.8, 4) is 11.9 Å². The van der Waals surface area contributed by atoms with Crippen molar-refractivity contribution >= 4 is 5.78 Å². The van der Waals surface area contributed by atoms with Crippen molar-refractivity contribution in [3.63, 3.8) is 0 Å². The molecule has 5 heteroatoms. The molecule has 0 spiro atoms. The maximum absolute atomic E-state index is 13.0. The summed E-state index contributed by atoms with van der Waals surface area (Å²) in [5, 5.41) is 19.9. The Labute approximate surface area is 153 Å². The monoisotopic (exact) mass is 352 g/mol. The molecule has 0 amide bonds. The predicted octanol–water partition coefficient (Wildman–Crippen LogP) is 3.67. The zero-order valence-electron chi connectivity index (χ0n) is 15.9. The van der Waals surface area contributed by atoms with Crippen molar-refractivity contribution in [3.05, 3.63) is 62.4 Å². The van der Waals surface area contributed by atoms with E-state index in [0.717, 1.165) is 10.1 Å². The minimum Gasteiger partial charge on any atom is -0.494 e. The average molecular weight is 352 g/mol. The number of pyridine rings is 1. The fourth-order valence-electron chi connectivity index (χ4n) is 2.92. The fourth-order valence-corrected chi connectivity index (χ4v) is 2.92. The van der Waals surface area contributed by atoms with E-state index in [-0.39, 0.29) is 34.5 Å². The van der Waals surface area contributed by atoms with E-state index in [1.165, 1.54) is 6.92 Å². The van der Waals surface area contributed by atoms with Crippen LogP contribution in [0, 0.1) is 18.3 Å². The van der Waals surface area contributed by atoms with E-state index in [2.05, 4.69) is 20.8 Å². The second kappa shape index (κ2) is 7.17. The summed E-state index contributed by atoms with van der Waals surface area (Å²) in [6.07, 6.45) is 0.593. The van der Waals surface area contributed by atoms with E-state index in [1.54, 1.807) is 12.1 Å². The van der Waals surface area contributed by atoms with Crippen molar-refractivity contribution in [2.45, 2.75) is 53.0 Å². The molecular formula is C21H24N2O3. The van der Waals surface area contributed by atoms with Gasteiger partial charge in [-0.15, -0.1) is 0 Å².